The topological polar surface area (TPSA) is 66.5 Å². The van der Waals surface area contributed by atoms with E-state index in [0.717, 1.165) is 25.9 Å². The second kappa shape index (κ2) is 7.23. The van der Waals surface area contributed by atoms with Gasteiger partial charge >= 0.3 is 0 Å². The van der Waals surface area contributed by atoms with Crippen molar-refractivity contribution in [1.29, 1.82) is 0 Å². The van der Waals surface area contributed by atoms with E-state index in [0.29, 0.717) is 25.3 Å². The van der Waals surface area contributed by atoms with Gasteiger partial charge < -0.3 is 5.32 Å². The molecule has 132 valence electrons. The number of nitrogens with zero attached hydrogens (tertiary/aromatic N) is 1. The first kappa shape index (κ1) is 17.4. The fourth-order valence-corrected chi connectivity index (χ4v) is 4.93. The first-order valence-corrected chi connectivity index (χ1v) is 10.6. The molecule has 1 aromatic carbocycles. The average Bonchev–Trinajstić information content (AvgIpc) is 2.93. The largest absolute Gasteiger partial charge is 0.354 e. The number of amides is 1. The molecule has 24 heavy (non-hydrogen) atoms. The van der Waals surface area contributed by atoms with E-state index in [1.165, 1.54) is 11.8 Å². The third kappa shape index (κ3) is 4.16. The van der Waals surface area contributed by atoms with Crippen LogP contribution in [0.2, 0.25) is 0 Å². The van der Waals surface area contributed by atoms with Gasteiger partial charge in [-0.05, 0) is 43.7 Å². The van der Waals surface area contributed by atoms with Gasteiger partial charge in [-0.3, -0.25) is 9.69 Å². The summed E-state index contributed by atoms with van der Waals surface area (Å²) in [6.07, 6.45) is 4.60. The maximum absolute atomic E-state index is 12.5. The molecule has 1 aromatic rings. The normalized spacial score (nSPS) is 27.6. The Labute approximate surface area is 144 Å². The highest BCUT2D eigenvalue weighted by Gasteiger charge is 2.37. The Morgan fingerprint density at radius 1 is 1.25 bits per heavy atom. The van der Waals surface area contributed by atoms with Gasteiger partial charge in [-0.2, -0.15) is 0 Å². The van der Waals surface area contributed by atoms with E-state index in [4.69, 9.17) is 0 Å². The van der Waals surface area contributed by atoms with Crippen LogP contribution in [-0.2, 0) is 21.2 Å². The molecule has 1 aliphatic carbocycles. The molecule has 3 rings (SSSR count). The van der Waals surface area contributed by atoms with Crippen LogP contribution in [-0.4, -0.2) is 49.9 Å². The van der Waals surface area contributed by atoms with Gasteiger partial charge in [-0.15, -0.1) is 0 Å². The van der Waals surface area contributed by atoms with E-state index in [2.05, 4.69) is 22.3 Å². The maximum Gasteiger partial charge on any atom is 0.237 e. The minimum atomic E-state index is -2.92. The van der Waals surface area contributed by atoms with Crippen molar-refractivity contribution in [3.8, 4) is 0 Å². The van der Waals surface area contributed by atoms with Crippen LogP contribution in [0.3, 0.4) is 0 Å². The molecule has 5 nitrogen and oxygen atoms in total. The molecule has 1 atom stereocenters. The summed E-state index contributed by atoms with van der Waals surface area (Å²) in [5.74, 6) is 0.392. The van der Waals surface area contributed by atoms with Gasteiger partial charge in [0.25, 0.3) is 0 Å². The van der Waals surface area contributed by atoms with E-state index in [1.54, 1.807) is 0 Å². The summed E-state index contributed by atoms with van der Waals surface area (Å²) in [5.41, 5.74) is 1.23. The van der Waals surface area contributed by atoms with Gasteiger partial charge in [0.1, 0.15) is 9.84 Å². The van der Waals surface area contributed by atoms with Crippen LogP contribution in [0, 0.1) is 5.92 Å². The third-order valence-electron chi connectivity index (χ3n) is 5.26. The van der Waals surface area contributed by atoms with Gasteiger partial charge in [-0.1, -0.05) is 30.3 Å². The van der Waals surface area contributed by atoms with Crippen molar-refractivity contribution in [3.05, 3.63) is 35.9 Å². The van der Waals surface area contributed by atoms with Crippen LogP contribution in [0.4, 0.5) is 0 Å². The summed E-state index contributed by atoms with van der Waals surface area (Å²) in [4.78, 5) is 14.7. The number of likely N-dealkylation sites (tertiary alicyclic amines) is 1. The fourth-order valence-electron chi connectivity index (χ4n) is 3.68. The van der Waals surface area contributed by atoms with Gasteiger partial charge in [0, 0.05) is 19.3 Å². The highest BCUT2D eigenvalue weighted by molar-refractivity contribution is 7.91. The zero-order valence-electron chi connectivity index (χ0n) is 14.1. The van der Waals surface area contributed by atoms with Crippen molar-refractivity contribution in [1.82, 2.24) is 10.2 Å². The Morgan fingerprint density at radius 3 is 2.62 bits per heavy atom. The minimum Gasteiger partial charge on any atom is -0.354 e. The lowest BCUT2D eigenvalue weighted by Gasteiger charge is -2.34. The molecule has 0 spiro atoms. The van der Waals surface area contributed by atoms with E-state index in [-0.39, 0.29) is 17.2 Å². The van der Waals surface area contributed by atoms with Crippen molar-refractivity contribution in [3.63, 3.8) is 0 Å². The van der Waals surface area contributed by atoms with E-state index < -0.39 is 9.84 Å². The zero-order chi connectivity index (χ0) is 17.2. The quantitative estimate of drug-likeness (QED) is 0.846. The van der Waals surface area contributed by atoms with Crippen molar-refractivity contribution in [2.45, 2.75) is 43.5 Å². The summed E-state index contributed by atoms with van der Waals surface area (Å²) in [7, 11) is -2.92. The molecule has 0 radical (unpaired) electrons. The third-order valence-corrected chi connectivity index (χ3v) is 6.85. The van der Waals surface area contributed by atoms with Crippen LogP contribution in [0.15, 0.2) is 30.3 Å². The van der Waals surface area contributed by atoms with Crippen LogP contribution >= 0.6 is 0 Å². The molecule has 2 aliphatic rings. The number of hydrogen-bond acceptors (Lipinski definition) is 4. The van der Waals surface area contributed by atoms with Crippen LogP contribution in [0.1, 0.15) is 31.2 Å². The average molecular weight is 350 g/mol. The summed E-state index contributed by atoms with van der Waals surface area (Å²) in [5, 5.41) is 2.83. The molecular formula is C18H26N2O3S. The molecule has 1 saturated heterocycles. The minimum absolute atomic E-state index is 0.0593. The Morgan fingerprint density at radius 2 is 1.96 bits per heavy atom. The Bertz CT molecular complexity index is 669. The van der Waals surface area contributed by atoms with Crippen molar-refractivity contribution in [2.24, 2.45) is 5.92 Å². The predicted molar refractivity (Wildman–Crippen MR) is 94.2 cm³/mol. The van der Waals surface area contributed by atoms with Crippen LogP contribution < -0.4 is 5.32 Å². The number of nitrogens with one attached hydrogen (secondary N) is 1. The first-order valence-electron chi connectivity index (χ1n) is 8.68. The number of hydrogen-bond donors (Lipinski definition) is 1. The fraction of sp³-hybridized carbons (Fsp3) is 0.611. The summed E-state index contributed by atoms with van der Waals surface area (Å²) < 4.78 is 22.9. The Hall–Kier alpha value is -1.40. The van der Waals surface area contributed by atoms with E-state index in [1.807, 2.05) is 18.2 Å². The van der Waals surface area contributed by atoms with E-state index >= 15 is 0 Å². The highest BCUT2D eigenvalue weighted by Crippen LogP contribution is 2.32. The SMILES string of the molecule is CS(=O)(=O)C1CC(CNC(=O)C2CCCN2Cc2ccccc2)C1. The van der Waals surface area contributed by atoms with Crippen LogP contribution in [0.25, 0.3) is 0 Å². The lowest BCUT2D eigenvalue weighted by atomic mass is 9.84. The second-order valence-electron chi connectivity index (χ2n) is 7.15. The molecule has 6 heteroatoms. The monoisotopic (exact) mass is 350 g/mol. The number of sulfone groups is 1. The van der Waals surface area contributed by atoms with Gasteiger partial charge in [0.05, 0.1) is 11.3 Å². The van der Waals surface area contributed by atoms with Crippen molar-refractivity contribution < 1.29 is 13.2 Å². The molecule has 2 fully saturated rings. The number of benzene rings is 1. The molecule has 1 aliphatic heterocycles. The lowest BCUT2D eigenvalue weighted by molar-refractivity contribution is -0.125. The lowest BCUT2D eigenvalue weighted by Crippen LogP contribution is -2.47. The highest BCUT2D eigenvalue weighted by atomic mass is 32.2. The first-order chi connectivity index (χ1) is 11.4. The van der Waals surface area contributed by atoms with Crippen LogP contribution in [0.5, 0.6) is 0 Å². The second-order valence-corrected chi connectivity index (χ2v) is 9.47. The predicted octanol–water partition coefficient (Wildman–Crippen LogP) is 1.59. The summed E-state index contributed by atoms with van der Waals surface area (Å²) in [6, 6.07) is 10.2. The molecule has 1 amide bonds. The Kier molecular flexibility index (Phi) is 5.25. The molecular weight excluding hydrogens is 324 g/mol. The van der Waals surface area contributed by atoms with Crippen molar-refractivity contribution >= 4 is 15.7 Å². The van der Waals surface area contributed by atoms with Gasteiger partial charge in [0.2, 0.25) is 5.91 Å². The zero-order valence-corrected chi connectivity index (χ0v) is 15.0. The molecule has 0 aromatic heterocycles. The van der Waals surface area contributed by atoms with Gasteiger partial charge in [-0.25, -0.2) is 8.42 Å². The standard InChI is InChI=1S/C18H26N2O3S/c1-24(22,23)16-10-15(11-16)12-19-18(21)17-8-5-9-20(17)13-14-6-3-2-4-7-14/h2-4,6-7,15-17H,5,8-13H2,1H3,(H,19,21). The summed E-state index contributed by atoms with van der Waals surface area (Å²) in [6.45, 7) is 2.35. The van der Waals surface area contributed by atoms with Gasteiger partial charge in [0.15, 0.2) is 0 Å². The number of rotatable bonds is 6. The summed E-state index contributed by atoms with van der Waals surface area (Å²) >= 11 is 0. The maximum atomic E-state index is 12.5. The molecule has 1 heterocycles. The molecule has 1 saturated carbocycles. The molecule has 0 bridgehead atoms. The number of carbonyl (C=O) groups is 1. The Balaban J connectivity index is 1.46. The van der Waals surface area contributed by atoms with E-state index in [9.17, 15) is 13.2 Å². The smallest absolute Gasteiger partial charge is 0.237 e. The number of carbonyl (C=O) groups excluding carboxylic acids is 1. The van der Waals surface area contributed by atoms with Crippen molar-refractivity contribution in [2.75, 3.05) is 19.3 Å². The molecule has 1 N–H and O–H groups in total. The molecule has 1 unspecified atom stereocenters.